The van der Waals surface area contributed by atoms with E-state index in [2.05, 4.69) is 9.97 Å². The second-order valence-electron chi connectivity index (χ2n) is 4.21. The maximum absolute atomic E-state index is 5.68. The Bertz CT molecular complexity index is 296. The van der Waals surface area contributed by atoms with Crippen molar-refractivity contribution in [2.24, 2.45) is 5.92 Å². The third-order valence-corrected chi connectivity index (χ3v) is 2.87. The van der Waals surface area contributed by atoms with Crippen LogP contribution in [-0.2, 0) is 6.42 Å². The summed E-state index contributed by atoms with van der Waals surface area (Å²) in [4.78, 5) is 8.67. The van der Waals surface area contributed by atoms with E-state index in [-0.39, 0.29) is 0 Å². The molecule has 0 spiro atoms. The van der Waals surface area contributed by atoms with E-state index in [0.717, 1.165) is 23.9 Å². The van der Waals surface area contributed by atoms with E-state index < -0.39 is 0 Å². The van der Waals surface area contributed by atoms with Gasteiger partial charge < -0.3 is 5.73 Å². The normalized spacial score (nSPS) is 17.5. The molecule has 0 radical (unpaired) electrons. The van der Waals surface area contributed by atoms with E-state index in [4.69, 9.17) is 5.73 Å². The van der Waals surface area contributed by atoms with Gasteiger partial charge in [0.2, 0.25) is 0 Å². The highest BCUT2D eigenvalue weighted by molar-refractivity contribution is 5.29. The van der Waals surface area contributed by atoms with Gasteiger partial charge in [-0.3, -0.25) is 0 Å². The monoisotopic (exact) mass is 191 g/mol. The fourth-order valence-electron chi connectivity index (χ4n) is 2.22. The summed E-state index contributed by atoms with van der Waals surface area (Å²) in [6, 6.07) is 1.82. The molecule has 1 saturated carbocycles. The first kappa shape index (κ1) is 9.44. The van der Waals surface area contributed by atoms with Crippen LogP contribution in [0.15, 0.2) is 6.07 Å². The third kappa shape index (κ3) is 2.22. The van der Waals surface area contributed by atoms with Crippen LogP contribution in [0.1, 0.15) is 37.2 Å². The van der Waals surface area contributed by atoms with Crippen LogP contribution < -0.4 is 5.73 Å². The van der Waals surface area contributed by atoms with Crippen molar-refractivity contribution < 1.29 is 0 Å². The number of aromatic nitrogens is 2. The lowest BCUT2D eigenvalue weighted by molar-refractivity contribution is 0.530. The number of nitrogens with two attached hydrogens (primary N) is 1. The topological polar surface area (TPSA) is 51.8 Å². The van der Waals surface area contributed by atoms with Gasteiger partial charge in [0.05, 0.1) is 0 Å². The Hall–Kier alpha value is -1.12. The van der Waals surface area contributed by atoms with Crippen molar-refractivity contribution in [2.75, 3.05) is 5.73 Å². The van der Waals surface area contributed by atoms with Crippen LogP contribution in [0, 0.1) is 12.8 Å². The quantitative estimate of drug-likeness (QED) is 0.778. The summed E-state index contributed by atoms with van der Waals surface area (Å²) in [5.41, 5.74) is 6.66. The van der Waals surface area contributed by atoms with Gasteiger partial charge in [0.15, 0.2) is 0 Å². The van der Waals surface area contributed by atoms with Crippen LogP contribution in [0.3, 0.4) is 0 Å². The van der Waals surface area contributed by atoms with Crippen molar-refractivity contribution in [3.05, 3.63) is 17.6 Å². The highest BCUT2D eigenvalue weighted by Crippen LogP contribution is 2.27. The van der Waals surface area contributed by atoms with Crippen LogP contribution in [0.25, 0.3) is 0 Å². The number of hydrogen-bond acceptors (Lipinski definition) is 3. The minimum absolute atomic E-state index is 0.602. The molecule has 0 bridgehead atoms. The van der Waals surface area contributed by atoms with Crippen molar-refractivity contribution in [2.45, 2.75) is 39.0 Å². The number of rotatable bonds is 2. The van der Waals surface area contributed by atoms with Crippen molar-refractivity contribution in [1.82, 2.24) is 9.97 Å². The zero-order valence-corrected chi connectivity index (χ0v) is 8.66. The van der Waals surface area contributed by atoms with Gasteiger partial charge >= 0.3 is 0 Å². The molecule has 1 heterocycles. The molecule has 2 rings (SSSR count). The minimum Gasteiger partial charge on any atom is -0.384 e. The summed E-state index contributed by atoms with van der Waals surface area (Å²) in [5.74, 6) is 2.32. The molecular formula is C11H17N3. The first-order valence-corrected chi connectivity index (χ1v) is 5.34. The maximum Gasteiger partial charge on any atom is 0.131 e. The Morgan fingerprint density at radius 1 is 1.36 bits per heavy atom. The lowest BCUT2D eigenvalue weighted by Gasteiger charge is -2.08. The summed E-state index contributed by atoms with van der Waals surface area (Å²) in [7, 11) is 0. The smallest absolute Gasteiger partial charge is 0.131 e. The second-order valence-corrected chi connectivity index (χ2v) is 4.21. The van der Waals surface area contributed by atoms with Crippen molar-refractivity contribution in [1.29, 1.82) is 0 Å². The Morgan fingerprint density at radius 2 is 2.07 bits per heavy atom. The maximum atomic E-state index is 5.68. The van der Waals surface area contributed by atoms with Crippen molar-refractivity contribution >= 4 is 5.82 Å². The predicted molar refractivity (Wildman–Crippen MR) is 56.8 cm³/mol. The van der Waals surface area contributed by atoms with E-state index in [9.17, 15) is 0 Å². The van der Waals surface area contributed by atoms with Gasteiger partial charge in [0.25, 0.3) is 0 Å². The van der Waals surface area contributed by atoms with Crippen molar-refractivity contribution in [3.63, 3.8) is 0 Å². The number of aryl methyl sites for hydroxylation is 1. The minimum atomic E-state index is 0.602. The van der Waals surface area contributed by atoms with Gasteiger partial charge in [-0.05, 0) is 12.8 Å². The predicted octanol–water partition coefficient (Wildman–Crippen LogP) is 2.10. The zero-order valence-electron chi connectivity index (χ0n) is 8.66. The summed E-state index contributed by atoms with van der Waals surface area (Å²) in [5, 5.41) is 0. The first-order chi connectivity index (χ1) is 6.74. The summed E-state index contributed by atoms with van der Waals surface area (Å²) in [6.45, 7) is 1.97. The molecule has 3 heteroatoms. The lowest BCUT2D eigenvalue weighted by atomic mass is 10.0. The highest BCUT2D eigenvalue weighted by Gasteiger charge is 2.16. The number of anilines is 1. The van der Waals surface area contributed by atoms with Gasteiger partial charge in [0, 0.05) is 18.2 Å². The first-order valence-electron chi connectivity index (χ1n) is 5.34. The Balaban J connectivity index is 2.07. The van der Waals surface area contributed by atoms with Crippen molar-refractivity contribution in [3.8, 4) is 0 Å². The fourth-order valence-corrected chi connectivity index (χ4v) is 2.22. The molecule has 3 nitrogen and oxygen atoms in total. The number of hydrogen-bond donors (Lipinski definition) is 1. The molecule has 0 aromatic carbocycles. The Kier molecular flexibility index (Phi) is 2.66. The lowest BCUT2D eigenvalue weighted by Crippen LogP contribution is -2.06. The largest absolute Gasteiger partial charge is 0.384 e. The average Bonchev–Trinajstić information content (AvgIpc) is 2.54. The van der Waals surface area contributed by atoms with Gasteiger partial charge in [-0.15, -0.1) is 0 Å². The van der Waals surface area contributed by atoms with E-state index in [1.54, 1.807) is 0 Å². The molecule has 0 amide bonds. The second kappa shape index (κ2) is 3.95. The summed E-state index contributed by atoms with van der Waals surface area (Å²) >= 11 is 0. The summed E-state index contributed by atoms with van der Waals surface area (Å²) < 4.78 is 0. The Labute approximate surface area is 84.8 Å². The standard InChI is InChI=1S/C11H17N3/c1-8-6-10(12)14-11(13-8)7-9-4-2-3-5-9/h6,9H,2-5,7H2,1H3,(H2,12,13,14). The fraction of sp³-hybridized carbons (Fsp3) is 0.636. The average molecular weight is 191 g/mol. The molecule has 2 N–H and O–H groups in total. The molecule has 1 aromatic rings. The van der Waals surface area contributed by atoms with Crippen LogP contribution in [0.5, 0.6) is 0 Å². The highest BCUT2D eigenvalue weighted by atomic mass is 14.9. The van der Waals surface area contributed by atoms with Crippen LogP contribution in [0.4, 0.5) is 5.82 Å². The molecule has 1 aliphatic carbocycles. The molecule has 1 aliphatic rings. The van der Waals surface area contributed by atoms with Gasteiger partial charge in [-0.2, -0.15) is 0 Å². The van der Waals surface area contributed by atoms with Crippen LogP contribution in [0.2, 0.25) is 0 Å². The molecule has 0 atom stereocenters. The molecular weight excluding hydrogens is 174 g/mol. The van der Waals surface area contributed by atoms with Crippen LogP contribution in [-0.4, -0.2) is 9.97 Å². The molecule has 0 aliphatic heterocycles. The molecule has 0 saturated heterocycles. The molecule has 76 valence electrons. The van der Waals surface area contributed by atoms with Gasteiger partial charge in [-0.25, -0.2) is 9.97 Å². The van der Waals surface area contributed by atoms with Gasteiger partial charge in [0.1, 0.15) is 11.6 Å². The SMILES string of the molecule is Cc1cc(N)nc(CC2CCCC2)n1. The number of nitrogens with zero attached hydrogens (tertiary/aromatic N) is 2. The molecule has 1 fully saturated rings. The Morgan fingerprint density at radius 3 is 2.71 bits per heavy atom. The van der Waals surface area contributed by atoms with E-state index in [1.807, 2.05) is 13.0 Å². The van der Waals surface area contributed by atoms with E-state index >= 15 is 0 Å². The zero-order chi connectivity index (χ0) is 9.97. The van der Waals surface area contributed by atoms with E-state index in [0.29, 0.717) is 5.82 Å². The van der Waals surface area contributed by atoms with Crippen LogP contribution >= 0.6 is 0 Å². The number of nitrogen functional groups attached to an aromatic ring is 1. The van der Waals surface area contributed by atoms with E-state index in [1.165, 1.54) is 25.7 Å². The third-order valence-electron chi connectivity index (χ3n) is 2.87. The molecule has 14 heavy (non-hydrogen) atoms. The summed E-state index contributed by atoms with van der Waals surface area (Å²) in [6.07, 6.45) is 6.40. The molecule has 0 unspecified atom stereocenters. The molecule has 1 aromatic heterocycles. The van der Waals surface area contributed by atoms with Gasteiger partial charge in [-0.1, -0.05) is 25.7 Å².